The van der Waals surface area contributed by atoms with Crippen molar-refractivity contribution in [1.29, 1.82) is 0 Å². The van der Waals surface area contributed by atoms with E-state index >= 15 is 0 Å². The molecule has 1 amide bonds. The van der Waals surface area contributed by atoms with Crippen molar-refractivity contribution in [3.05, 3.63) is 78.9 Å². The van der Waals surface area contributed by atoms with Crippen molar-refractivity contribution in [3.63, 3.8) is 0 Å². The summed E-state index contributed by atoms with van der Waals surface area (Å²) in [5.41, 5.74) is 0.559. The Morgan fingerprint density at radius 1 is 0.742 bits per heavy atom. The van der Waals surface area contributed by atoms with Crippen LogP contribution < -0.4 is 19.5 Å². The van der Waals surface area contributed by atoms with Gasteiger partial charge in [-0.25, -0.2) is 4.79 Å². The second-order valence-corrected chi connectivity index (χ2v) is 6.32. The second-order valence-electron chi connectivity index (χ2n) is 6.32. The van der Waals surface area contributed by atoms with Gasteiger partial charge in [-0.05, 0) is 55.5 Å². The molecule has 0 aliphatic rings. The number of carbonyl (C=O) groups is 2. The summed E-state index contributed by atoms with van der Waals surface area (Å²) in [6.07, 6.45) is 0. The third kappa shape index (κ3) is 7.08. The molecule has 7 nitrogen and oxygen atoms in total. The van der Waals surface area contributed by atoms with Crippen molar-refractivity contribution < 1.29 is 28.5 Å². The quantitative estimate of drug-likeness (QED) is 0.488. The highest BCUT2D eigenvalue weighted by atomic mass is 16.6. The highest BCUT2D eigenvalue weighted by molar-refractivity contribution is 5.92. The first kappa shape index (κ1) is 21.7. The molecule has 0 fully saturated rings. The number of anilines is 1. The maximum Gasteiger partial charge on any atom is 0.344 e. The number of nitrogens with one attached hydrogen (secondary N) is 1. The van der Waals surface area contributed by atoms with Crippen LogP contribution in [0.4, 0.5) is 5.69 Å². The van der Waals surface area contributed by atoms with E-state index < -0.39 is 18.5 Å². The average Bonchev–Trinajstić information content (AvgIpc) is 2.79. The fraction of sp³-hybridized carbons (Fsp3) is 0.167. The molecular formula is C24H23NO6. The van der Waals surface area contributed by atoms with E-state index in [9.17, 15) is 9.59 Å². The Morgan fingerprint density at radius 3 is 2.03 bits per heavy atom. The summed E-state index contributed by atoms with van der Waals surface area (Å²) < 4.78 is 21.5. The molecule has 0 aliphatic carbocycles. The standard InChI is InChI=1S/C24H23NO6/c1-2-28-21-10-6-7-11-22(21)29-17-24(27)30-16-23(26)25-18-12-14-20(15-13-18)31-19-8-4-3-5-9-19/h3-15H,2,16-17H2,1H3,(H,25,26). The molecule has 0 spiro atoms. The van der Waals surface area contributed by atoms with Crippen LogP contribution in [-0.4, -0.2) is 31.7 Å². The van der Waals surface area contributed by atoms with Gasteiger partial charge in [-0.1, -0.05) is 30.3 Å². The number of esters is 1. The number of hydrogen-bond donors (Lipinski definition) is 1. The molecule has 0 aromatic heterocycles. The molecule has 0 heterocycles. The molecule has 3 rings (SSSR count). The van der Waals surface area contributed by atoms with E-state index in [1.807, 2.05) is 37.3 Å². The van der Waals surface area contributed by atoms with Crippen LogP contribution in [0.3, 0.4) is 0 Å². The van der Waals surface area contributed by atoms with Crippen LogP contribution in [0, 0.1) is 0 Å². The van der Waals surface area contributed by atoms with E-state index in [4.69, 9.17) is 18.9 Å². The van der Waals surface area contributed by atoms with Crippen LogP contribution in [0.25, 0.3) is 0 Å². The predicted octanol–water partition coefficient (Wildman–Crippen LogP) is 4.44. The summed E-state index contributed by atoms with van der Waals surface area (Å²) in [7, 11) is 0. The minimum Gasteiger partial charge on any atom is -0.490 e. The largest absolute Gasteiger partial charge is 0.490 e. The van der Waals surface area contributed by atoms with E-state index in [0.717, 1.165) is 5.75 Å². The van der Waals surface area contributed by atoms with Crippen molar-refractivity contribution in [2.45, 2.75) is 6.92 Å². The number of rotatable bonds is 10. The summed E-state index contributed by atoms with van der Waals surface area (Å²) in [6.45, 7) is 1.58. The van der Waals surface area contributed by atoms with Crippen molar-refractivity contribution in [2.24, 2.45) is 0 Å². The third-order valence-electron chi connectivity index (χ3n) is 3.98. The molecule has 0 saturated carbocycles. The van der Waals surface area contributed by atoms with Crippen molar-refractivity contribution in [1.82, 2.24) is 0 Å². The Balaban J connectivity index is 1.41. The van der Waals surface area contributed by atoms with E-state index in [1.54, 1.807) is 48.5 Å². The van der Waals surface area contributed by atoms with Crippen LogP contribution in [0.1, 0.15) is 6.92 Å². The van der Waals surface area contributed by atoms with Gasteiger partial charge in [0, 0.05) is 5.69 Å². The Kier molecular flexibility index (Phi) is 7.88. The summed E-state index contributed by atoms with van der Waals surface area (Å²) in [6, 6.07) is 23.3. The minimum atomic E-state index is -0.659. The second kappa shape index (κ2) is 11.3. The molecule has 31 heavy (non-hydrogen) atoms. The molecule has 0 saturated heterocycles. The normalized spacial score (nSPS) is 10.1. The zero-order valence-corrected chi connectivity index (χ0v) is 17.1. The SMILES string of the molecule is CCOc1ccccc1OCC(=O)OCC(=O)Nc1ccc(Oc2ccccc2)cc1. The summed E-state index contributed by atoms with van der Waals surface area (Å²) in [5.74, 6) is 1.21. The Labute approximate surface area is 180 Å². The topological polar surface area (TPSA) is 83.1 Å². The fourth-order valence-electron chi connectivity index (χ4n) is 2.60. The smallest absolute Gasteiger partial charge is 0.344 e. The van der Waals surface area contributed by atoms with Gasteiger partial charge in [-0.15, -0.1) is 0 Å². The highest BCUT2D eigenvalue weighted by Crippen LogP contribution is 2.26. The molecule has 7 heteroatoms. The lowest BCUT2D eigenvalue weighted by molar-refractivity contribution is -0.149. The maximum absolute atomic E-state index is 12.0. The van der Waals surface area contributed by atoms with Gasteiger partial charge in [0.05, 0.1) is 6.61 Å². The predicted molar refractivity (Wildman–Crippen MR) is 116 cm³/mol. The van der Waals surface area contributed by atoms with Crippen molar-refractivity contribution in [3.8, 4) is 23.0 Å². The van der Waals surface area contributed by atoms with Gasteiger partial charge >= 0.3 is 5.97 Å². The average molecular weight is 421 g/mol. The maximum atomic E-state index is 12.0. The van der Waals surface area contributed by atoms with Gasteiger partial charge < -0.3 is 24.3 Å². The van der Waals surface area contributed by atoms with E-state index in [2.05, 4.69) is 5.32 Å². The van der Waals surface area contributed by atoms with Gasteiger partial charge in [0.2, 0.25) is 0 Å². The molecule has 0 aliphatic heterocycles. The lowest BCUT2D eigenvalue weighted by atomic mass is 10.3. The monoisotopic (exact) mass is 421 g/mol. The minimum absolute atomic E-state index is 0.330. The van der Waals surface area contributed by atoms with Crippen molar-refractivity contribution in [2.75, 3.05) is 25.1 Å². The molecule has 3 aromatic rings. The fourth-order valence-corrected chi connectivity index (χ4v) is 2.60. The van der Waals surface area contributed by atoms with Gasteiger partial charge in [0.15, 0.2) is 24.7 Å². The molecule has 0 unspecified atom stereocenters. The number of amides is 1. The van der Waals surface area contributed by atoms with Crippen LogP contribution >= 0.6 is 0 Å². The molecule has 0 atom stereocenters. The first-order chi connectivity index (χ1) is 15.1. The van der Waals surface area contributed by atoms with Crippen LogP contribution in [0.2, 0.25) is 0 Å². The van der Waals surface area contributed by atoms with Gasteiger partial charge in [0.25, 0.3) is 5.91 Å². The number of para-hydroxylation sites is 3. The van der Waals surface area contributed by atoms with Crippen LogP contribution in [0.5, 0.6) is 23.0 Å². The van der Waals surface area contributed by atoms with E-state index in [0.29, 0.717) is 29.5 Å². The zero-order valence-electron chi connectivity index (χ0n) is 17.1. The summed E-state index contributed by atoms with van der Waals surface area (Å²) in [5, 5.41) is 2.66. The summed E-state index contributed by atoms with van der Waals surface area (Å²) in [4.78, 5) is 23.9. The van der Waals surface area contributed by atoms with E-state index in [1.165, 1.54) is 0 Å². The first-order valence-corrected chi connectivity index (χ1v) is 9.77. The van der Waals surface area contributed by atoms with Crippen LogP contribution in [-0.2, 0) is 14.3 Å². The molecule has 0 radical (unpaired) electrons. The Hall–Kier alpha value is -4.00. The highest BCUT2D eigenvalue weighted by Gasteiger charge is 2.11. The molecular weight excluding hydrogens is 398 g/mol. The first-order valence-electron chi connectivity index (χ1n) is 9.77. The number of benzene rings is 3. The summed E-state index contributed by atoms with van der Waals surface area (Å²) >= 11 is 0. The number of carbonyl (C=O) groups excluding carboxylic acids is 2. The van der Waals surface area contributed by atoms with Gasteiger partial charge in [-0.3, -0.25) is 4.79 Å². The Bertz CT molecular complexity index is 988. The van der Waals surface area contributed by atoms with E-state index in [-0.39, 0.29) is 6.61 Å². The lowest BCUT2D eigenvalue weighted by Crippen LogP contribution is -2.23. The third-order valence-corrected chi connectivity index (χ3v) is 3.98. The van der Waals surface area contributed by atoms with Crippen molar-refractivity contribution >= 4 is 17.6 Å². The van der Waals surface area contributed by atoms with Crippen LogP contribution in [0.15, 0.2) is 78.9 Å². The lowest BCUT2D eigenvalue weighted by Gasteiger charge is -2.11. The molecule has 3 aromatic carbocycles. The van der Waals surface area contributed by atoms with Gasteiger partial charge in [0.1, 0.15) is 11.5 Å². The zero-order chi connectivity index (χ0) is 21.9. The molecule has 1 N–H and O–H groups in total. The molecule has 160 valence electrons. The number of ether oxygens (including phenoxy) is 4. The van der Waals surface area contributed by atoms with Gasteiger partial charge in [-0.2, -0.15) is 0 Å². The number of hydrogen-bond acceptors (Lipinski definition) is 6. The molecule has 0 bridgehead atoms. The Morgan fingerprint density at radius 2 is 1.35 bits per heavy atom.